The molecule has 1 atom stereocenters. The van der Waals surface area contributed by atoms with Crippen molar-refractivity contribution in [3.05, 3.63) is 57.7 Å². The van der Waals surface area contributed by atoms with Gasteiger partial charge in [-0.3, -0.25) is 9.59 Å². The predicted octanol–water partition coefficient (Wildman–Crippen LogP) is 3.85. The van der Waals surface area contributed by atoms with E-state index in [-0.39, 0.29) is 18.2 Å². The van der Waals surface area contributed by atoms with Crippen molar-refractivity contribution in [2.24, 2.45) is 4.99 Å². The summed E-state index contributed by atoms with van der Waals surface area (Å²) in [7, 11) is 0. The van der Waals surface area contributed by atoms with Gasteiger partial charge in [-0.05, 0) is 65.4 Å². The Hall–Kier alpha value is -1.87. The van der Waals surface area contributed by atoms with E-state index in [4.69, 9.17) is 0 Å². The Morgan fingerprint density at radius 2 is 2.04 bits per heavy atom. The number of para-hydroxylation sites is 1. The summed E-state index contributed by atoms with van der Waals surface area (Å²) in [6.45, 7) is 1.94. The van der Waals surface area contributed by atoms with Crippen LogP contribution < -0.4 is 10.6 Å². The second kappa shape index (κ2) is 8.01. The van der Waals surface area contributed by atoms with Gasteiger partial charge in [0.2, 0.25) is 11.8 Å². The summed E-state index contributed by atoms with van der Waals surface area (Å²) < 4.78 is 1.11. The highest BCUT2D eigenvalue weighted by Gasteiger charge is 2.32. The molecule has 128 valence electrons. The van der Waals surface area contributed by atoms with Gasteiger partial charge in [0.05, 0.1) is 5.69 Å². The SMILES string of the molecule is Cc1cc(I)ccc1NC(=O)CC1SC(=Nc2ccccc2)NC1=O. The van der Waals surface area contributed by atoms with Crippen molar-refractivity contribution in [1.82, 2.24) is 5.32 Å². The molecule has 1 aliphatic rings. The minimum atomic E-state index is -0.466. The van der Waals surface area contributed by atoms with E-state index in [2.05, 4.69) is 38.2 Å². The van der Waals surface area contributed by atoms with Crippen LogP contribution >= 0.6 is 34.4 Å². The molecule has 7 heteroatoms. The van der Waals surface area contributed by atoms with E-state index in [9.17, 15) is 9.59 Å². The number of halogens is 1. The third kappa shape index (κ3) is 4.82. The average Bonchev–Trinajstić information content (AvgIpc) is 2.90. The molecule has 25 heavy (non-hydrogen) atoms. The van der Waals surface area contributed by atoms with Crippen LogP contribution in [0.5, 0.6) is 0 Å². The lowest BCUT2D eigenvalue weighted by Crippen LogP contribution is -2.28. The van der Waals surface area contributed by atoms with Crippen molar-refractivity contribution < 1.29 is 9.59 Å². The number of benzene rings is 2. The largest absolute Gasteiger partial charge is 0.326 e. The number of carbonyl (C=O) groups excluding carboxylic acids is 2. The predicted molar refractivity (Wildman–Crippen MR) is 110 cm³/mol. The molecule has 1 fully saturated rings. The van der Waals surface area contributed by atoms with Gasteiger partial charge in [0.1, 0.15) is 5.25 Å². The number of amidine groups is 1. The number of thioether (sulfide) groups is 1. The van der Waals surface area contributed by atoms with E-state index in [1.807, 2.05) is 55.5 Å². The number of carbonyl (C=O) groups is 2. The highest BCUT2D eigenvalue weighted by Crippen LogP contribution is 2.26. The number of rotatable bonds is 4. The number of hydrogen-bond acceptors (Lipinski definition) is 4. The quantitative estimate of drug-likeness (QED) is 0.675. The molecule has 0 radical (unpaired) electrons. The summed E-state index contributed by atoms with van der Waals surface area (Å²) in [6, 6.07) is 15.2. The lowest BCUT2D eigenvalue weighted by molar-refractivity contribution is -0.122. The first kappa shape index (κ1) is 17.9. The van der Waals surface area contributed by atoms with E-state index >= 15 is 0 Å². The number of hydrogen-bond donors (Lipinski definition) is 2. The van der Waals surface area contributed by atoms with E-state index in [1.54, 1.807) is 0 Å². The van der Waals surface area contributed by atoms with Crippen LogP contribution in [0.1, 0.15) is 12.0 Å². The summed E-state index contributed by atoms with van der Waals surface area (Å²) in [4.78, 5) is 28.7. The van der Waals surface area contributed by atoms with Crippen LogP contribution in [0, 0.1) is 10.5 Å². The van der Waals surface area contributed by atoms with E-state index < -0.39 is 5.25 Å². The Morgan fingerprint density at radius 3 is 2.76 bits per heavy atom. The summed E-state index contributed by atoms with van der Waals surface area (Å²) in [5.74, 6) is -0.368. The minimum Gasteiger partial charge on any atom is -0.326 e. The molecule has 2 aromatic carbocycles. The Bertz CT molecular complexity index is 839. The lowest BCUT2D eigenvalue weighted by Gasteiger charge is -2.10. The van der Waals surface area contributed by atoms with Gasteiger partial charge >= 0.3 is 0 Å². The fraction of sp³-hybridized carbons (Fsp3) is 0.167. The maximum atomic E-state index is 12.3. The van der Waals surface area contributed by atoms with Crippen molar-refractivity contribution >= 4 is 62.7 Å². The normalized spacial score (nSPS) is 18.2. The van der Waals surface area contributed by atoms with E-state index in [0.717, 1.165) is 20.5 Å². The van der Waals surface area contributed by atoms with Gasteiger partial charge in [-0.15, -0.1) is 0 Å². The zero-order valence-corrected chi connectivity index (χ0v) is 16.4. The standard InChI is InChI=1S/C18H16IN3O2S/c1-11-9-12(19)7-8-14(11)21-16(23)10-15-17(24)22-18(25-15)20-13-5-3-2-4-6-13/h2-9,15H,10H2,1H3,(H,21,23)(H,20,22,24). The van der Waals surface area contributed by atoms with E-state index in [0.29, 0.717) is 5.17 Å². The van der Waals surface area contributed by atoms with Crippen molar-refractivity contribution in [3.8, 4) is 0 Å². The van der Waals surface area contributed by atoms with Crippen LogP contribution in [0.2, 0.25) is 0 Å². The van der Waals surface area contributed by atoms with Gasteiger partial charge in [0.25, 0.3) is 0 Å². The molecule has 1 heterocycles. The van der Waals surface area contributed by atoms with Crippen LogP contribution in [0.15, 0.2) is 53.5 Å². The third-order valence-corrected chi connectivity index (χ3v) is 5.35. The number of aliphatic imine (C=N–C) groups is 1. The highest BCUT2D eigenvalue weighted by molar-refractivity contribution is 14.1. The van der Waals surface area contributed by atoms with Crippen LogP contribution in [0.25, 0.3) is 0 Å². The summed E-state index contributed by atoms with van der Waals surface area (Å²) >= 11 is 3.51. The van der Waals surface area contributed by atoms with Crippen LogP contribution in [0.3, 0.4) is 0 Å². The number of nitrogens with zero attached hydrogens (tertiary/aromatic N) is 1. The minimum absolute atomic E-state index is 0.107. The van der Waals surface area contributed by atoms with Crippen molar-refractivity contribution in [2.75, 3.05) is 5.32 Å². The molecule has 2 amide bonds. The van der Waals surface area contributed by atoms with Gasteiger partial charge in [0, 0.05) is 15.7 Å². The Kier molecular flexibility index (Phi) is 5.74. The van der Waals surface area contributed by atoms with Gasteiger partial charge in [-0.1, -0.05) is 30.0 Å². The first-order chi connectivity index (χ1) is 12.0. The monoisotopic (exact) mass is 465 g/mol. The van der Waals surface area contributed by atoms with Gasteiger partial charge in [-0.25, -0.2) is 4.99 Å². The molecule has 0 saturated carbocycles. The van der Waals surface area contributed by atoms with Gasteiger partial charge in [-0.2, -0.15) is 0 Å². The topological polar surface area (TPSA) is 70.6 Å². The lowest BCUT2D eigenvalue weighted by atomic mass is 10.2. The molecular weight excluding hydrogens is 449 g/mol. The van der Waals surface area contributed by atoms with Crippen molar-refractivity contribution in [2.45, 2.75) is 18.6 Å². The molecular formula is C18H16IN3O2S. The molecule has 1 saturated heterocycles. The maximum Gasteiger partial charge on any atom is 0.240 e. The Balaban J connectivity index is 1.62. The Morgan fingerprint density at radius 1 is 1.28 bits per heavy atom. The van der Waals surface area contributed by atoms with Crippen molar-refractivity contribution in [3.63, 3.8) is 0 Å². The summed E-state index contributed by atoms with van der Waals surface area (Å²) in [5.41, 5.74) is 2.53. The van der Waals surface area contributed by atoms with E-state index in [1.165, 1.54) is 11.8 Å². The molecule has 0 aliphatic carbocycles. The molecule has 5 nitrogen and oxygen atoms in total. The fourth-order valence-electron chi connectivity index (χ4n) is 2.35. The first-order valence-electron chi connectivity index (χ1n) is 7.68. The second-order valence-corrected chi connectivity index (χ2v) is 8.00. The number of anilines is 1. The molecule has 2 aromatic rings. The van der Waals surface area contributed by atoms with Crippen molar-refractivity contribution in [1.29, 1.82) is 0 Å². The summed E-state index contributed by atoms with van der Waals surface area (Å²) in [5, 5.41) is 5.67. The zero-order valence-electron chi connectivity index (χ0n) is 13.5. The first-order valence-corrected chi connectivity index (χ1v) is 9.64. The van der Waals surface area contributed by atoms with Gasteiger partial charge < -0.3 is 10.6 Å². The van der Waals surface area contributed by atoms with Gasteiger partial charge in [0.15, 0.2) is 5.17 Å². The summed E-state index contributed by atoms with van der Waals surface area (Å²) in [6.07, 6.45) is 0.107. The number of amides is 2. The highest BCUT2D eigenvalue weighted by atomic mass is 127. The molecule has 3 rings (SSSR count). The van der Waals surface area contributed by atoms with Crippen LogP contribution in [-0.2, 0) is 9.59 Å². The molecule has 0 bridgehead atoms. The number of nitrogens with one attached hydrogen (secondary N) is 2. The zero-order chi connectivity index (χ0) is 17.8. The van der Waals surface area contributed by atoms with Crippen LogP contribution in [-0.4, -0.2) is 22.2 Å². The molecule has 0 aromatic heterocycles. The molecule has 1 unspecified atom stereocenters. The maximum absolute atomic E-state index is 12.3. The molecule has 0 spiro atoms. The number of aryl methyl sites for hydroxylation is 1. The second-order valence-electron chi connectivity index (χ2n) is 5.56. The smallest absolute Gasteiger partial charge is 0.240 e. The Labute approximate surface area is 163 Å². The fourth-order valence-corrected chi connectivity index (χ4v) is 3.98. The third-order valence-electron chi connectivity index (χ3n) is 3.60. The molecule has 2 N–H and O–H groups in total. The average molecular weight is 465 g/mol. The van der Waals surface area contributed by atoms with Crippen LogP contribution in [0.4, 0.5) is 11.4 Å². The molecule has 1 aliphatic heterocycles.